The van der Waals surface area contributed by atoms with Gasteiger partial charge in [0.25, 0.3) is 0 Å². The topological polar surface area (TPSA) is 0 Å². The zero-order valence-corrected chi connectivity index (χ0v) is 9.71. The lowest BCUT2D eigenvalue weighted by Gasteiger charge is -2.05. The molecule has 0 bridgehead atoms. The Morgan fingerprint density at radius 3 is 2.69 bits per heavy atom. The van der Waals surface area contributed by atoms with E-state index in [9.17, 15) is 0 Å². The summed E-state index contributed by atoms with van der Waals surface area (Å²) in [6, 6.07) is 10.6. The molecule has 1 aliphatic rings. The highest BCUT2D eigenvalue weighted by Crippen LogP contribution is 2.16. The largest absolute Gasteiger partial charge is 0.0979 e. The Morgan fingerprint density at radius 2 is 1.94 bits per heavy atom. The first kappa shape index (κ1) is 11.0. The maximum absolute atomic E-state index is 3.30. The molecule has 0 aliphatic heterocycles. The van der Waals surface area contributed by atoms with Gasteiger partial charge in [0.05, 0.1) is 0 Å². The third kappa shape index (κ3) is 3.59. The first-order valence-corrected chi connectivity index (χ1v) is 6.17. The summed E-state index contributed by atoms with van der Waals surface area (Å²) in [5.74, 6) is 6.59. The van der Waals surface area contributed by atoms with Gasteiger partial charge in [-0.3, -0.25) is 0 Å². The molecule has 0 heterocycles. The summed E-state index contributed by atoms with van der Waals surface area (Å²) in [5.41, 5.74) is 2.74. The molecule has 1 aromatic rings. The molecule has 82 valence electrons. The fraction of sp³-hybridized carbons (Fsp3) is 0.375. The van der Waals surface area contributed by atoms with Crippen molar-refractivity contribution in [1.82, 2.24) is 0 Å². The molecule has 0 fully saturated rings. The second kappa shape index (κ2) is 6.18. The average molecular weight is 210 g/mol. The summed E-state index contributed by atoms with van der Waals surface area (Å²) >= 11 is 0. The minimum Gasteiger partial charge on any atom is -0.0979 e. The molecule has 1 aromatic carbocycles. The van der Waals surface area contributed by atoms with Crippen LogP contribution in [0.5, 0.6) is 0 Å². The molecule has 0 heteroatoms. The third-order valence-electron chi connectivity index (χ3n) is 2.92. The number of rotatable bonds is 2. The normalized spacial score (nSPS) is 14.9. The lowest BCUT2D eigenvalue weighted by Crippen LogP contribution is -1.88. The van der Waals surface area contributed by atoms with E-state index < -0.39 is 0 Å². The molecule has 2 rings (SSSR count). The number of aryl methyl sites for hydroxylation is 1. The Balaban J connectivity index is 1.80. The third-order valence-corrected chi connectivity index (χ3v) is 2.92. The first-order chi connectivity index (χ1) is 7.95. The van der Waals surface area contributed by atoms with Gasteiger partial charge in [0.15, 0.2) is 0 Å². The summed E-state index contributed by atoms with van der Waals surface area (Å²) in [6.45, 7) is 0. The van der Waals surface area contributed by atoms with Crippen LogP contribution in [0.3, 0.4) is 0 Å². The van der Waals surface area contributed by atoms with Crippen molar-refractivity contribution >= 4 is 0 Å². The molecule has 0 atom stereocenters. The zero-order chi connectivity index (χ0) is 11.1. The van der Waals surface area contributed by atoms with Crippen molar-refractivity contribution < 1.29 is 0 Å². The number of allylic oxidation sites excluding steroid dienone is 2. The van der Waals surface area contributed by atoms with Gasteiger partial charge >= 0.3 is 0 Å². The monoisotopic (exact) mass is 210 g/mol. The van der Waals surface area contributed by atoms with E-state index in [2.05, 4.69) is 48.2 Å². The van der Waals surface area contributed by atoms with Gasteiger partial charge in [0.1, 0.15) is 0 Å². The van der Waals surface area contributed by atoms with Gasteiger partial charge in [0, 0.05) is 6.42 Å². The molecular weight excluding hydrogens is 192 g/mol. The zero-order valence-electron chi connectivity index (χ0n) is 9.71. The molecule has 0 saturated heterocycles. The predicted octanol–water partition coefficient (Wildman–Crippen LogP) is 4.12. The maximum atomic E-state index is 3.30. The summed E-state index contributed by atoms with van der Waals surface area (Å²) in [7, 11) is 0. The highest BCUT2D eigenvalue weighted by atomic mass is 14.0. The molecule has 0 spiro atoms. The number of hydrogen-bond donors (Lipinski definition) is 0. The average Bonchev–Trinajstić information content (AvgIpc) is 2.37. The van der Waals surface area contributed by atoms with E-state index in [1.54, 1.807) is 0 Å². The van der Waals surface area contributed by atoms with E-state index in [4.69, 9.17) is 0 Å². The van der Waals surface area contributed by atoms with E-state index in [1.807, 2.05) is 0 Å². The van der Waals surface area contributed by atoms with Crippen LogP contribution >= 0.6 is 0 Å². The Bertz CT molecular complexity index is 401. The second-order valence-electron chi connectivity index (χ2n) is 4.26. The number of benzene rings is 1. The highest BCUT2D eigenvalue weighted by molar-refractivity contribution is 5.30. The molecule has 0 aromatic heterocycles. The van der Waals surface area contributed by atoms with Crippen LogP contribution in [-0.4, -0.2) is 0 Å². The van der Waals surface area contributed by atoms with Crippen LogP contribution in [0.15, 0.2) is 42.0 Å². The van der Waals surface area contributed by atoms with E-state index >= 15 is 0 Å². The van der Waals surface area contributed by atoms with Gasteiger partial charge in [-0.15, -0.1) is 0 Å². The van der Waals surface area contributed by atoms with E-state index in [1.165, 1.54) is 36.8 Å². The van der Waals surface area contributed by atoms with Crippen LogP contribution in [0, 0.1) is 11.8 Å². The van der Waals surface area contributed by atoms with Crippen LogP contribution in [0.2, 0.25) is 0 Å². The van der Waals surface area contributed by atoms with Gasteiger partial charge in [-0.1, -0.05) is 48.2 Å². The van der Waals surface area contributed by atoms with E-state index in [-0.39, 0.29) is 0 Å². The Hall–Kier alpha value is -1.48. The molecule has 0 nitrogen and oxygen atoms in total. The second-order valence-corrected chi connectivity index (χ2v) is 4.26. The fourth-order valence-corrected chi connectivity index (χ4v) is 1.98. The smallest absolute Gasteiger partial charge is 0.0133 e. The summed E-state index contributed by atoms with van der Waals surface area (Å²) in [5, 5.41) is 0. The summed E-state index contributed by atoms with van der Waals surface area (Å²) < 4.78 is 0. The highest BCUT2D eigenvalue weighted by Gasteiger charge is 1.99. The molecular formula is C16H18. The quantitative estimate of drug-likeness (QED) is 0.644. The van der Waals surface area contributed by atoms with Gasteiger partial charge in [-0.2, -0.15) is 0 Å². The summed E-state index contributed by atoms with van der Waals surface area (Å²) in [6.07, 6.45) is 9.43. The molecule has 16 heavy (non-hydrogen) atoms. The maximum Gasteiger partial charge on any atom is 0.0133 e. The minimum atomic E-state index is 0.974. The standard InChI is InChI=1S/C16H18/c1-3-9-15(10-4-1)13-7-8-14-16-11-5-2-6-12-16/h1,3-4,9-11H,2,5-7,12-13H2. The minimum absolute atomic E-state index is 0.974. The van der Waals surface area contributed by atoms with E-state index in [0.717, 1.165) is 12.8 Å². The van der Waals surface area contributed by atoms with Crippen LogP contribution in [-0.2, 0) is 6.42 Å². The van der Waals surface area contributed by atoms with E-state index in [0.29, 0.717) is 0 Å². The SMILES string of the molecule is C(#CC1=CCCCC1)CCc1ccccc1. The lowest BCUT2D eigenvalue weighted by molar-refractivity contribution is 0.715. The molecule has 1 aliphatic carbocycles. The number of hydrogen-bond acceptors (Lipinski definition) is 0. The van der Waals surface area contributed by atoms with Crippen molar-refractivity contribution in [3.05, 3.63) is 47.5 Å². The van der Waals surface area contributed by atoms with Crippen LogP contribution < -0.4 is 0 Å². The van der Waals surface area contributed by atoms with Crippen LogP contribution in [0.4, 0.5) is 0 Å². The van der Waals surface area contributed by atoms with Crippen LogP contribution in [0.1, 0.15) is 37.7 Å². The Kier molecular flexibility index (Phi) is 4.26. The van der Waals surface area contributed by atoms with Gasteiger partial charge in [-0.05, 0) is 43.2 Å². The first-order valence-electron chi connectivity index (χ1n) is 6.17. The predicted molar refractivity (Wildman–Crippen MR) is 69.1 cm³/mol. The van der Waals surface area contributed by atoms with Gasteiger partial charge in [0.2, 0.25) is 0 Å². The van der Waals surface area contributed by atoms with Crippen molar-refractivity contribution in [2.45, 2.75) is 38.5 Å². The fourth-order valence-electron chi connectivity index (χ4n) is 1.98. The van der Waals surface area contributed by atoms with Gasteiger partial charge < -0.3 is 0 Å². The summed E-state index contributed by atoms with van der Waals surface area (Å²) in [4.78, 5) is 0. The van der Waals surface area contributed by atoms with Crippen molar-refractivity contribution in [3.8, 4) is 11.8 Å². The molecule has 0 saturated carbocycles. The lowest BCUT2D eigenvalue weighted by atomic mass is 10.00. The van der Waals surface area contributed by atoms with Gasteiger partial charge in [-0.25, -0.2) is 0 Å². The van der Waals surface area contributed by atoms with Crippen molar-refractivity contribution in [3.63, 3.8) is 0 Å². The van der Waals surface area contributed by atoms with Crippen molar-refractivity contribution in [2.75, 3.05) is 0 Å². The Morgan fingerprint density at radius 1 is 1.06 bits per heavy atom. The van der Waals surface area contributed by atoms with Crippen LogP contribution in [0.25, 0.3) is 0 Å². The molecule has 0 radical (unpaired) electrons. The molecule has 0 unspecified atom stereocenters. The molecule has 0 N–H and O–H groups in total. The molecule has 0 amide bonds. The Labute approximate surface area is 98.4 Å². The van der Waals surface area contributed by atoms with Crippen molar-refractivity contribution in [2.24, 2.45) is 0 Å². The van der Waals surface area contributed by atoms with Crippen molar-refractivity contribution in [1.29, 1.82) is 0 Å².